The second-order valence-corrected chi connectivity index (χ2v) is 6.50. The van der Waals surface area contributed by atoms with Crippen molar-refractivity contribution in [3.05, 3.63) is 6.07 Å². The standard InChI is InChI=1S/C12H22N4O4S/c1-9(2)13-6-5-7-21(17,18)16-12-14-10(19-3)8-11(15-12)20-4/h8-9,13H,5-7H2,1-4H3,(H,14,15,16). The number of sulfonamides is 1. The number of nitrogens with one attached hydrogen (secondary N) is 2. The minimum Gasteiger partial charge on any atom is -0.481 e. The molecular weight excluding hydrogens is 296 g/mol. The van der Waals surface area contributed by atoms with Crippen LogP contribution in [0.3, 0.4) is 0 Å². The summed E-state index contributed by atoms with van der Waals surface area (Å²) < 4.78 is 36.1. The van der Waals surface area contributed by atoms with E-state index in [0.717, 1.165) is 0 Å². The molecule has 0 saturated heterocycles. The van der Waals surface area contributed by atoms with Crippen LogP contribution in [0.4, 0.5) is 5.95 Å². The molecular formula is C12H22N4O4S. The van der Waals surface area contributed by atoms with Crippen LogP contribution in [0.15, 0.2) is 6.07 Å². The van der Waals surface area contributed by atoms with Crippen LogP contribution in [0, 0.1) is 0 Å². The highest BCUT2D eigenvalue weighted by atomic mass is 32.2. The molecule has 21 heavy (non-hydrogen) atoms. The molecule has 1 heterocycles. The molecule has 0 atom stereocenters. The Hall–Kier alpha value is -1.61. The predicted octanol–water partition coefficient (Wildman–Crippen LogP) is 0.624. The van der Waals surface area contributed by atoms with Gasteiger partial charge in [0.2, 0.25) is 27.7 Å². The highest BCUT2D eigenvalue weighted by molar-refractivity contribution is 7.92. The third-order valence-electron chi connectivity index (χ3n) is 2.49. The molecule has 9 heteroatoms. The lowest BCUT2D eigenvalue weighted by Crippen LogP contribution is -2.27. The van der Waals surface area contributed by atoms with Gasteiger partial charge in [0, 0.05) is 6.04 Å². The Balaban J connectivity index is 2.66. The highest BCUT2D eigenvalue weighted by Gasteiger charge is 2.14. The van der Waals surface area contributed by atoms with Crippen LogP contribution >= 0.6 is 0 Å². The van der Waals surface area contributed by atoms with E-state index in [1.807, 2.05) is 13.8 Å². The molecule has 0 unspecified atom stereocenters. The van der Waals surface area contributed by atoms with Crippen molar-refractivity contribution in [3.8, 4) is 11.8 Å². The van der Waals surface area contributed by atoms with Crippen molar-refractivity contribution in [1.82, 2.24) is 15.3 Å². The third kappa shape index (κ3) is 6.58. The number of anilines is 1. The van der Waals surface area contributed by atoms with Gasteiger partial charge in [0.1, 0.15) is 0 Å². The SMILES string of the molecule is COc1cc(OC)nc(NS(=O)(=O)CCCNC(C)C)n1. The largest absolute Gasteiger partial charge is 0.481 e. The Labute approximate surface area is 125 Å². The zero-order chi connectivity index (χ0) is 15.9. The maximum atomic E-state index is 11.9. The number of methoxy groups -OCH3 is 2. The van der Waals surface area contributed by atoms with Crippen molar-refractivity contribution in [2.24, 2.45) is 0 Å². The highest BCUT2D eigenvalue weighted by Crippen LogP contribution is 2.18. The summed E-state index contributed by atoms with van der Waals surface area (Å²) in [6, 6.07) is 1.79. The minimum atomic E-state index is -3.51. The molecule has 0 radical (unpaired) electrons. The molecule has 2 N–H and O–H groups in total. The van der Waals surface area contributed by atoms with Gasteiger partial charge in [-0.05, 0) is 13.0 Å². The van der Waals surface area contributed by atoms with Gasteiger partial charge >= 0.3 is 0 Å². The summed E-state index contributed by atoms with van der Waals surface area (Å²) in [5.41, 5.74) is 0. The van der Waals surface area contributed by atoms with Crippen LogP contribution in [-0.2, 0) is 10.0 Å². The lowest BCUT2D eigenvalue weighted by atomic mass is 10.4. The van der Waals surface area contributed by atoms with Crippen LogP contribution < -0.4 is 19.5 Å². The summed E-state index contributed by atoms with van der Waals surface area (Å²) in [5, 5.41) is 3.15. The molecule has 0 amide bonds. The summed E-state index contributed by atoms with van der Waals surface area (Å²) in [6.45, 7) is 4.63. The smallest absolute Gasteiger partial charge is 0.243 e. The van der Waals surface area contributed by atoms with E-state index in [1.165, 1.54) is 20.3 Å². The number of rotatable bonds is 9. The van der Waals surface area contributed by atoms with Gasteiger partial charge in [0.05, 0.1) is 26.0 Å². The lowest BCUT2D eigenvalue weighted by molar-refractivity contribution is 0.373. The molecule has 1 aromatic heterocycles. The third-order valence-corrected chi connectivity index (χ3v) is 3.81. The molecule has 1 aromatic rings. The van der Waals surface area contributed by atoms with Gasteiger partial charge in [-0.15, -0.1) is 0 Å². The zero-order valence-corrected chi connectivity index (χ0v) is 13.5. The molecule has 0 bridgehead atoms. The lowest BCUT2D eigenvalue weighted by Gasteiger charge is -2.10. The van der Waals surface area contributed by atoms with E-state index in [4.69, 9.17) is 9.47 Å². The zero-order valence-electron chi connectivity index (χ0n) is 12.7. The van der Waals surface area contributed by atoms with Crippen LogP contribution in [0.2, 0.25) is 0 Å². The fourth-order valence-corrected chi connectivity index (χ4v) is 2.50. The fraction of sp³-hybridized carbons (Fsp3) is 0.667. The number of aromatic nitrogens is 2. The van der Waals surface area contributed by atoms with Crippen molar-refractivity contribution in [3.63, 3.8) is 0 Å². The summed E-state index contributed by atoms with van der Waals surface area (Å²) in [4.78, 5) is 7.84. The van der Waals surface area contributed by atoms with E-state index in [0.29, 0.717) is 19.0 Å². The molecule has 0 spiro atoms. The van der Waals surface area contributed by atoms with Gasteiger partial charge < -0.3 is 14.8 Å². The van der Waals surface area contributed by atoms with Crippen molar-refractivity contribution >= 4 is 16.0 Å². The number of ether oxygens (including phenoxy) is 2. The molecule has 0 aliphatic rings. The number of hydrogen-bond acceptors (Lipinski definition) is 7. The van der Waals surface area contributed by atoms with E-state index >= 15 is 0 Å². The van der Waals surface area contributed by atoms with Gasteiger partial charge in [-0.1, -0.05) is 13.8 Å². The molecule has 1 rings (SSSR count). The maximum absolute atomic E-state index is 11.9. The second kappa shape index (κ2) is 7.99. The Bertz CT molecular complexity index is 526. The van der Waals surface area contributed by atoms with E-state index in [-0.39, 0.29) is 23.5 Å². The monoisotopic (exact) mass is 318 g/mol. The van der Waals surface area contributed by atoms with Crippen molar-refractivity contribution in [1.29, 1.82) is 0 Å². The first-order chi connectivity index (χ1) is 9.86. The molecule has 8 nitrogen and oxygen atoms in total. The van der Waals surface area contributed by atoms with Crippen LogP contribution in [0.5, 0.6) is 11.8 Å². The van der Waals surface area contributed by atoms with Crippen molar-refractivity contribution < 1.29 is 17.9 Å². The van der Waals surface area contributed by atoms with Crippen molar-refractivity contribution in [2.75, 3.05) is 31.2 Å². The van der Waals surface area contributed by atoms with Gasteiger partial charge in [-0.2, -0.15) is 9.97 Å². The maximum Gasteiger partial charge on any atom is 0.243 e. The quantitative estimate of drug-likeness (QED) is 0.643. The first kappa shape index (κ1) is 17.4. The average molecular weight is 318 g/mol. The first-order valence-corrected chi connectivity index (χ1v) is 8.22. The summed E-state index contributed by atoms with van der Waals surface area (Å²) in [6.07, 6.45) is 0.495. The molecule has 0 aliphatic carbocycles. The van der Waals surface area contributed by atoms with E-state index < -0.39 is 10.0 Å². The average Bonchev–Trinajstić information content (AvgIpc) is 2.42. The van der Waals surface area contributed by atoms with E-state index in [1.54, 1.807) is 0 Å². The van der Waals surface area contributed by atoms with Gasteiger partial charge in [0.15, 0.2) is 0 Å². The molecule has 0 saturated carbocycles. The van der Waals surface area contributed by atoms with Crippen LogP contribution in [0.1, 0.15) is 20.3 Å². The molecule has 0 aromatic carbocycles. The minimum absolute atomic E-state index is 0.0182. The van der Waals surface area contributed by atoms with E-state index in [9.17, 15) is 8.42 Å². The number of hydrogen-bond donors (Lipinski definition) is 2. The second-order valence-electron chi connectivity index (χ2n) is 4.66. The predicted molar refractivity (Wildman–Crippen MR) is 80.3 cm³/mol. The van der Waals surface area contributed by atoms with E-state index in [2.05, 4.69) is 20.0 Å². The molecule has 0 aliphatic heterocycles. The van der Waals surface area contributed by atoms with Gasteiger partial charge in [-0.25, -0.2) is 8.42 Å². The normalized spacial score (nSPS) is 11.5. The molecule has 120 valence electrons. The van der Waals surface area contributed by atoms with Crippen molar-refractivity contribution in [2.45, 2.75) is 26.3 Å². The van der Waals surface area contributed by atoms with Crippen LogP contribution in [0.25, 0.3) is 0 Å². The summed E-state index contributed by atoms with van der Waals surface area (Å²) >= 11 is 0. The fourth-order valence-electron chi connectivity index (χ4n) is 1.50. The Morgan fingerprint density at radius 1 is 1.19 bits per heavy atom. The molecule has 0 fully saturated rings. The van der Waals surface area contributed by atoms with Gasteiger partial charge in [-0.3, -0.25) is 4.72 Å². The summed E-state index contributed by atoms with van der Waals surface area (Å²) in [5.74, 6) is 0.361. The Morgan fingerprint density at radius 3 is 2.24 bits per heavy atom. The topological polar surface area (TPSA) is 102 Å². The Kier molecular flexibility index (Phi) is 6.63. The summed E-state index contributed by atoms with van der Waals surface area (Å²) in [7, 11) is -0.652. The Morgan fingerprint density at radius 2 is 1.76 bits per heavy atom. The first-order valence-electron chi connectivity index (χ1n) is 6.57. The van der Waals surface area contributed by atoms with Gasteiger partial charge in [0.25, 0.3) is 0 Å². The number of nitrogens with zero attached hydrogens (tertiary/aromatic N) is 2. The van der Waals surface area contributed by atoms with Crippen LogP contribution in [-0.4, -0.2) is 50.9 Å².